The van der Waals surface area contributed by atoms with Crippen LogP contribution in [0.25, 0.3) is 0 Å². The van der Waals surface area contributed by atoms with Crippen molar-refractivity contribution in [2.45, 2.75) is 71.3 Å². The third-order valence-electron chi connectivity index (χ3n) is 4.70. The number of aliphatic hydroxyl groups excluding tert-OH is 1. The molecule has 6 nitrogen and oxygen atoms in total. The van der Waals surface area contributed by atoms with Crippen molar-refractivity contribution in [3.8, 4) is 5.75 Å². The number of unbranched alkanes of at least 4 members (excludes halogenated alkanes) is 2. The van der Waals surface area contributed by atoms with Crippen LogP contribution >= 0.6 is 0 Å². The monoisotopic (exact) mass is 392 g/mol. The molecular formula is C22H36N2O4. The second-order valence-electron chi connectivity index (χ2n) is 7.30. The van der Waals surface area contributed by atoms with E-state index in [1.54, 1.807) is 19.1 Å². The van der Waals surface area contributed by atoms with Crippen molar-refractivity contribution in [1.82, 2.24) is 10.6 Å². The van der Waals surface area contributed by atoms with Gasteiger partial charge in [0.05, 0.1) is 11.7 Å². The van der Waals surface area contributed by atoms with E-state index in [0.29, 0.717) is 24.9 Å². The molecule has 0 saturated carbocycles. The number of benzene rings is 1. The number of nitrogens with one attached hydrogen (secondary N) is 2. The minimum absolute atomic E-state index is 0.0163. The minimum atomic E-state index is -0.712. The van der Waals surface area contributed by atoms with E-state index < -0.39 is 6.10 Å². The molecule has 158 valence electrons. The molecule has 1 aromatic carbocycles. The van der Waals surface area contributed by atoms with Gasteiger partial charge in [-0.15, -0.1) is 0 Å². The third kappa shape index (κ3) is 9.85. The normalized spacial score (nSPS) is 12.0. The molecule has 0 heterocycles. The van der Waals surface area contributed by atoms with Crippen LogP contribution in [-0.4, -0.2) is 47.6 Å². The third-order valence-corrected chi connectivity index (χ3v) is 4.70. The van der Waals surface area contributed by atoms with Gasteiger partial charge in [-0.05, 0) is 57.3 Å². The van der Waals surface area contributed by atoms with E-state index in [1.807, 2.05) is 0 Å². The second kappa shape index (κ2) is 14.1. The zero-order chi connectivity index (χ0) is 20.8. The Balaban J connectivity index is 2.07. The van der Waals surface area contributed by atoms with Crippen LogP contribution in [0.3, 0.4) is 0 Å². The molecule has 1 unspecified atom stereocenters. The van der Waals surface area contributed by atoms with Crippen molar-refractivity contribution in [1.29, 1.82) is 0 Å². The van der Waals surface area contributed by atoms with Crippen LogP contribution in [0.5, 0.6) is 5.75 Å². The van der Waals surface area contributed by atoms with Crippen LogP contribution in [0.2, 0.25) is 0 Å². The second-order valence-corrected chi connectivity index (χ2v) is 7.30. The van der Waals surface area contributed by atoms with E-state index in [1.165, 1.54) is 6.07 Å². The van der Waals surface area contributed by atoms with Gasteiger partial charge in [-0.3, -0.25) is 9.59 Å². The number of carbonyl (C=O) groups excluding carboxylic acids is 2. The Bertz CT molecular complexity index is 584. The number of Topliss-reactive ketones (excluding diaryl/α,β-unsaturated/α-hetero) is 1. The highest BCUT2D eigenvalue weighted by molar-refractivity contribution is 6.00. The van der Waals surface area contributed by atoms with Crippen molar-refractivity contribution >= 4 is 11.7 Å². The molecule has 0 aliphatic rings. The molecule has 0 aliphatic carbocycles. The topological polar surface area (TPSA) is 98.7 Å². The molecule has 0 aliphatic heterocycles. The molecule has 0 radical (unpaired) electrons. The van der Waals surface area contributed by atoms with Crippen molar-refractivity contribution in [2.75, 3.05) is 19.6 Å². The first-order valence-corrected chi connectivity index (χ1v) is 10.4. The molecular weight excluding hydrogens is 356 g/mol. The maximum atomic E-state index is 12.3. The fourth-order valence-corrected chi connectivity index (χ4v) is 3.09. The van der Waals surface area contributed by atoms with Gasteiger partial charge in [-0.25, -0.2) is 0 Å². The highest BCUT2D eigenvalue weighted by Gasteiger charge is 2.17. The van der Waals surface area contributed by atoms with Gasteiger partial charge >= 0.3 is 0 Å². The van der Waals surface area contributed by atoms with Gasteiger partial charge in [0, 0.05) is 19.4 Å². The molecule has 0 fully saturated rings. The fraction of sp³-hybridized carbons (Fsp3) is 0.636. The van der Waals surface area contributed by atoms with Gasteiger partial charge in [-0.1, -0.05) is 31.9 Å². The standard InChI is InChI=1S/C22H36N2O4/c1-3-4-5-12-21(28)24-15-8-14-23-13-7-10-18(25)16-20(27)22-17(2)9-6-11-19(22)26/h6,9,11,18,23,25-26H,3-5,7-8,10,12-16H2,1-2H3,(H,24,28). The summed E-state index contributed by atoms with van der Waals surface area (Å²) in [6.45, 7) is 6.13. The van der Waals surface area contributed by atoms with E-state index in [-0.39, 0.29) is 23.9 Å². The number of aromatic hydroxyl groups is 1. The summed E-state index contributed by atoms with van der Waals surface area (Å²) in [7, 11) is 0. The van der Waals surface area contributed by atoms with Crippen LogP contribution in [-0.2, 0) is 4.79 Å². The summed E-state index contributed by atoms with van der Waals surface area (Å²) in [4.78, 5) is 23.8. The highest BCUT2D eigenvalue weighted by atomic mass is 16.3. The van der Waals surface area contributed by atoms with E-state index in [2.05, 4.69) is 17.6 Å². The number of aliphatic hydroxyl groups is 1. The first kappa shape index (κ1) is 24.1. The SMILES string of the molecule is CCCCCC(=O)NCCCNCCCC(O)CC(=O)c1c(C)cccc1O. The first-order chi connectivity index (χ1) is 13.5. The summed E-state index contributed by atoms with van der Waals surface area (Å²) in [6.07, 6.45) is 5.24. The van der Waals surface area contributed by atoms with Crippen molar-refractivity contribution in [2.24, 2.45) is 0 Å². The average Bonchev–Trinajstić information content (AvgIpc) is 2.64. The quantitative estimate of drug-likeness (QED) is 0.272. The van der Waals surface area contributed by atoms with Crippen molar-refractivity contribution < 1.29 is 19.8 Å². The maximum absolute atomic E-state index is 12.3. The van der Waals surface area contributed by atoms with Gasteiger partial charge < -0.3 is 20.8 Å². The molecule has 1 aromatic rings. The molecule has 0 saturated heterocycles. The lowest BCUT2D eigenvalue weighted by molar-refractivity contribution is -0.121. The number of hydrogen-bond acceptors (Lipinski definition) is 5. The van der Waals surface area contributed by atoms with E-state index in [0.717, 1.165) is 50.8 Å². The zero-order valence-corrected chi connectivity index (χ0v) is 17.3. The Kier molecular flexibility index (Phi) is 12.2. The Morgan fingerprint density at radius 2 is 1.82 bits per heavy atom. The molecule has 1 rings (SSSR count). The predicted octanol–water partition coefficient (Wildman–Crippen LogP) is 3.09. The number of amides is 1. The molecule has 0 aromatic heterocycles. The molecule has 0 bridgehead atoms. The van der Waals surface area contributed by atoms with E-state index >= 15 is 0 Å². The molecule has 28 heavy (non-hydrogen) atoms. The van der Waals surface area contributed by atoms with Gasteiger partial charge in [0.2, 0.25) is 5.91 Å². The summed E-state index contributed by atoms with van der Waals surface area (Å²) >= 11 is 0. The molecule has 1 atom stereocenters. The largest absolute Gasteiger partial charge is 0.507 e. The van der Waals surface area contributed by atoms with Gasteiger partial charge in [-0.2, -0.15) is 0 Å². The van der Waals surface area contributed by atoms with Gasteiger partial charge in [0.1, 0.15) is 5.75 Å². The summed E-state index contributed by atoms with van der Waals surface area (Å²) in [5.74, 6) is -0.136. The summed E-state index contributed by atoms with van der Waals surface area (Å²) in [5, 5.41) is 26.1. The number of carbonyl (C=O) groups is 2. The van der Waals surface area contributed by atoms with Crippen LogP contribution in [0.4, 0.5) is 0 Å². The van der Waals surface area contributed by atoms with Crippen LogP contribution < -0.4 is 10.6 Å². The van der Waals surface area contributed by atoms with Crippen LogP contribution in [0, 0.1) is 6.92 Å². The molecule has 4 N–H and O–H groups in total. The Labute approximate surface area is 168 Å². The highest BCUT2D eigenvalue weighted by Crippen LogP contribution is 2.23. The number of ketones is 1. The predicted molar refractivity (Wildman–Crippen MR) is 112 cm³/mol. The number of hydrogen-bond donors (Lipinski definition) is 4. The molecule has 1 amide bonds. The van der Waals surface area contributed by atoms with Crippen molar-refractivity contribution in [3.05, 3.63) is 29.3 Å². The maximum Gasteiger partial charge on any atom is 0.219 e. The van der Waals surface area contributed by atoms with E-state index in [4.69, 9.17) is 0 Å². The molecule has 6 heteroatoms. The number of aryl methyl sites for hydroxylation is 1. The lowest BCUT2D eigenvalue weighted by atomic mass is 9.98. The van der Waals surface area contributed by atoms with Crippen molar-refractivity contribution in [3.63, 3.8) is 0 Å². The van der Waals surface area contributed by atoms with Gasteiger partial charge in [0.25, 0.3) is 0 Å². The summed E-state index contributed by atoms with van der Waals surface area (Å²) in [6, 6.07) is 4.96. The fourth-order valence-electron chi connectivity index (χ4n) is 3.09. The lowest BCUT2D eigenvalue weighted by Crippen LogP contribution is -2.27. The Morgan fingerprint density at radius 1 is 1.07 bits per heavy atom. The Morgan fingerprint density at radius 3 is 2.54 bits per heavy atom. The smallest absolute Gasteiger partial charge is 0.219 e. The summed E-state index contributed by atoms with van der Waals surface area (Å²) < 4.78 is 0. The Hall–Kier alpha value is -1.92. The zero-order valence-electron chi connectivity index (χ0n) is 17.3. The van der Waals surface area contributed by atoms with Gasteiger partial charge in [0.15, 0.2) is 5.78 Å². The minimum Gasteiger partial charge on any atom is -0.507 e. The average molecular weight is 393 g/mol. The molecule has 0 spiro atoms. The van der Waals surface area contributed by atoms with Crippen LogP contribution in [0.15, 0.2) is 18.2 Å². The summed E-state index contributed by atoms with van der Waals surface area (Å²) in [5.41, 5.74) is 1.02. The lowest BCUT2D eigenvalue weighted by Gasteiger charge is -2.12. The first-order valence-electron chi connectivity index (χ1n) is 10.4. The van der Waals surface area contributed by atoms with Crippen LogP contribution in [0.1, 0.15) is 74.2 Å². The number of phenolic OH excluding ortho intramolecular Hbond substituents is 1. The van der Waals surface area contributed by atoms with E-state index in [9.17, 15) is 19.8 Å². The number of rotatable bonds is 15. The number of phenols is 1.